The highest BCUT2D eigenvalue weighted by molar-refractivity contribution is 6.30. The fourth-order valence-electron chi connectivity index (χ4n) is 3.56. The van der Waals surface area contributed by atoms with Gasteiger partial charge in [-0.05, 0) is 86.3 Å². The summed E-state index contributed by atoms with van der Waals surface area (Å²) in [6.07, 6.45) is 1.65. The number of nitrogens with zero attached hydrogens (tertiary/aromatic N) is 2. The van der Waals surface area contributed by atoms with E-state index in [9.17, 15) is 4.79 Å². The number of unbranched alkanes of at least 4 members (excludes halogenated alkanes) is 1. The topological polar surface area (TPSA) is 44.1 Å². The molecular formula is C26H25ClN2O2. The molecule has 0 aliphatic carbocycles. The van der Waals surface area contributed by atoms with E-state index in [0.29, 0.717) is 34.9 Å². The van der Waals surface area contributed by atoms with E-state index in [1.54, 1.807) is 4.57 Å². The Bertz CT molecular complexity index is 1260. The molecule has 0 spiro atoms. The molecule has 0 bridgehead atoms. The average Bonchev–Trinajstić information content (AvgIpc) is 2.78. The Kier molecular flexibility index (Phi) is 6.38. The Morgan fingerprint density at radius 2 is 1.71 bits per heavy atom. The van der Waals surface area contributed by atoms with Crippen LogP contribution in [0.2, 0.25) is 5.02 Å². The highest BCUT2D eigenvalue weighted by atomic mass is 35.5. The molecule has 0 atom stereocenters. The van der Waals surface area contributed by atoms with Crippen LogP contribution in [-0.2, 0) is 6.54 Å². The van der Waals surface area contributed by atoms with Crippen molar-refractivity contribution < 1.29 is 4.74 Å². The molecule has 3 aromatic carbocycles. The second kappa shape index (κ2) is 9.36. The third-order valence-electron chi connectivity index (χ3n) is 5.49. The average molecular weight is 433 g/mol. The lowest BCUT2D eigenvalue weighted by Gasteiger charge is -2.14. The van der Waals surface area contributed by atoms with Crippen LogP contribution in [-0.4, -0.2) is 16.2 Å². The Morgan fingerprint density at radius 1 is 0.935 bits per heavy atom. The van der Waals surface area contributed by atoms with Crippen LogP contribution in [0.4, 0.5) is 0 Å². The number of hydrogen-bond donors (Lipinski definition) is 0. The second-order valence-electron chi connectivity index (χ2n) is 7.72. The summed E-state index contributed by atoms with van der Waals surface area (Å²) in [4.78, 5) is 18.0. The smallest absolute Gasteiger partial charge is 0.261 e. The lowest BCUT2D eigenvalue weighted by molar-refractivity contribution is 0.302. The van der Waals surface area contributed by atoms with Gasteiger partial charge in [0.25, 0.3) is 5.56 Å². The van der Waals surface area contributed by atoms with Crippen molar-refractivity contribution >= 4 is 22.5 Å². The number of aryl methyl sites for hydroxylation is 2. The molecule has 4 nitrogen and oxygen atoms in total. The number of halogens is 1. The predicted octanol–water partition coefficient (Wildman–Crippen LogP) is 6.19. The van der Waals surface area contributed by atoms with Crippen molar-refractivity contribution in [1.82, 2.24) is 9.55 Å². The number of ether oxygens (including phenoxy) is 1. The number of para-hydroxylation sites is 1. The lowest BCUT2D eigenvalue weighted by Crippen LogP contribution is -2.24. The highest BCUT2D eigenvalue weighted by Crippen LogP contribution is 2.22. The summed E-state index contributed by atoms with van der Waals surface area (Å²) in [5.41, 5.74) is 4.03. The predicted molar refractivity (Wildman–Crippen MR) is 127 cm³/mol. The molecule has 5 heteroatoms. The van der Waals surface area contributed by atoms with E-state index in [1.165, 1.54) is 11.1 Å². The summed E-state index contributed by atoms with van der Waals surface area (Å²) in [7, 11) is 0. The van der Waals surface area contributed by atoms with Gasteiger partial charge in [-0.2, -0.15) is 0 Å². The van der Waals surface area contributed by atoms with Gasteiger partial charge < -0.3 is 4.74 Å². The van der Waals surface area contributed by atoms with Gasteiger partial charge in [0.1, 0.15) is 11.6 Å². The number of aromatic nitrogens is 2. The van der Waals surface area contributed by atoms with Crippen LogP contribution >= 0.6 is 11.6 Å². The van der Waals surface area contributed by atoms with E-state index in [1.807, 2.05) is 54.6 Å². The zero-order valence-electron chi connectivity index (χ0n) is 17.8. The Balaban J connectivity index is 1.52. The van der Waals surface area contributed by atoms with Crippen molar-refractivity contribution in [3.63, 3.8) is 0 Å². The minimum atomic E-state index is -0.0226. The number of fused-ring (bicyclic) bond motifs is 1. The Morgan fingerprint density at radius 3 is 2.48 bits per heavy atom. The van der Waals surface area contributed by atoms with Crippen molar-refractivity contribution in [3.05, 3.63) is 93.2 Å². The van der Waals surface area contributed by atoms with E-state index >= 15 is 0 Å². The summed E-state index contributed by atoms with van der Waals surface area (Å²) in [6, 6.07) is 21.0. The van der Waals surface area contributed by atoms with Crippen LogP contribution in [0.5, 0.6) is 5.75 Å². The van der Waals surface area contributed by atoms with Crippen molar-refractivity contribution in [2.45, 2.75) is 33.2 Å². The number of rotatable bonds is 7. The van der Waals surface area contributed by atoms with Crippen LogP contribution in [0.25, 0.3) is 22.3 Å². The van der Waals surface area contributed by atoms with E-state index in [2.05, 4.69) is 26.0 Å². The van der Waals surface area contributed by atoms with Crippen molar-refractivity contribution in [2.24, 2.45) is 0 Å². The van der Waals surface area contributed by atoms with Gasteiger partial charge in [0, 0.05) is 17.1 Å². The third kappa shape index (κ3) is 4.80. The first-order chi connectivity index (χ1) is 15.0. The second-order valence-corrected chi connectivity index (χ2v) is 8.15. The molecule has 1 heterocycles. The summed E-state index contributed by atoms with van der Waals surface area (Å²) in [6.45, 7) is 5.35. The van der Waals surface area contributed by atoms with Gasteiger partial charge in [0.15, 0.2) is 0 Å². The molecule has 0 amide bonds. The maximum atomic E-state index is 13.2. The van der Waals surface area contributed by atoms with E-state index in [4.69, 9.17) is 21.3 Å². The molecule has 0 aliphatic heterocycles. The maximum absolute atomic E-state index is 13.2. The molecule has 0 radical (unpaired) electrons. The Labute approximate surface area is 187 Å². The van der Waals surface area contributed by atoms with Gasteiger partial charge in [0.2, 0.25) is 0 Å². The van der Waals surface area contributed by atoms with Crippen molar-refractivity contribution in [2.75, 3.05) is 6.61 Å². The lowest BCUT2D eigenvalue weighted by atomic mass is 10.1. The van der Waals surface area contributed by atoms with Crippen LogP contribution in [0.15, 0.2) is 71.5 Å². The number of benzene rings is 3. The van der Waals surface area contributed by atoms with Gasteiger partial charge in [-0.3, -0.25) is 9.36 Å². The molecule has 0 aliphatic rings. The summed E-state index contributed by atoms with van der Waals surface area (Å²) in [5, 5.41) is 1.29. The first-order valence-corrected chi connectivity index (χ1v) is 10.9. The van der Waals surface area contributed by atoms with Gasteiger partial charge in [-0.15, -0.1) is 0 Å². The normalized spacial score (nSPS) is 11.1. The van der Waals surface area contributed by atoms with E-state index < -0.39 is 0 Å². The molecule has 158 valence electrons. The van der Waals surface area contributed by atoms with Gasteiger partial charge in [0.05, 0.1) is 17.5 Å². The standard InChI is InChI=1S/C26H25ClN2O2/c1-18-9-14-22(17-19(18)2)31-16-6-5-15-29-25(20-10-12-21(27)13-11-20)28-24-8-4-3-7-23(24)26(29)30/h3-4,7-14,17H,5-6,15-16H2,1-2H3. The van der Waals surface area contributed by atoms with Gasteiger partial charge >= 0.3 is 0 Å². The molecule has 4 aromatic rings. The van der Waals surface area contributed by atoms with E-state index in [-0.39, 0.29) is 5.56 Å². The van der Waals surface area contributed by atoms with Crippen molar-refractivity contribution in [3.8, 4) is 17.1 Å². The molecule has 31 heavy (non-hydrogen) atoms. The molecule has 0 saturated carbocycles. The van der Waals surface area contributed by atoms with E-state index in [0.717, 1.165) is 24.2 Å². The molecular weight excluding hydrogens is 408 g/mol. The van der Waals surface area contributed by atoms with Crippen LogP contribution in [0, 0.1) is 13.8 Å². The fourth-order valence-corrected chi connectivity index (χ4v) is 3.69. The monoisotopic (exact) mass is 432 g/mol. The zero-order chi connectivity index (χ0) is 21.8. The molecule has 1 aromatic heterocycles. The maximum Gasteiger partial charge on any atom is 0.261 e. The molecule has 4 rings (SSSR count). The molecule has 0 unspecified atom stereocenters. The summed E-state index contributed by atoms with van der Waals surface area (Å²) in [5.74, 6) is 1.55. The number of hydrogen-bond acceptors (Lipinski definition) is 3. The summed E-state index contributed by atoms with van der Waals surface area (Å²) < 4.78 is 7.66. The third-order valence-corrected chi connectivity index (χ3v) is 5.74. The molecule has 0 saturated heterocycles. The first-order valence-electron chi connectivity index (χ1n) is 10.5. The SMILES string of the molecule is Cc1ccc(OCCCCn2c(-c3ccc(Cl)cc3)nc3ccccc3c2=O)cc1C. The highest BCUT2D eigenvalue weighted by Gasteiger charge is 2.12. The first kappa shape index (κ1) is 21.1. The van der Waals surface area contributed by atoms with Crippen LogP contribution < -0.4 is 10.3 Å². The zero-order valence-corrected chi connectivity index (χ0v) is 18.5. The molecule has 0 fully saturated rings. The minimum Gasteiger partial charge on any atom is -0.494 e. The van der Waals surface area contributed by atoms with Crippen LogP contribution in [0.3, 0.4) is 0 Å². The van der Waals surface area contributed by atoms with Gasteiger partial charge in [-0.1, -0.05) is 29.8 Å². The van der Waals surface area contributed by atoms with Crippen molar-refractivity contribution in [1.29, 1.82) is 0 Å². The largest absolute Gasteiger partial charge is 0.494 e. The molecule has 0 N–H and O–H groups in total. The quantitative estimate of drug-likeness (QED) is 0.327. The van der Waals surface area contributed by atoms with Gasteiger partial charge in [-0.25, -0.2) is 4.98 Å². The summed E-state index contributed by atoms with van der Waals surface area (Å²) >= 11 is 6.05. The van der Waals surface area contributed by atoms with Crippen LogP contribution in [0.1, 0.15) is 24.0 Å². The fraction of sp³-hybridized carbons (Fsp3) is 0.231. The minimum absolute atomic E-state index is 0.0226. The Hall–Kier alpha value is -3.11.